The molecule has 6 nitrogen and oxygen atoms in total. The molecule has 0 radical (unpaired) electrons. The van der Waals surface area contributed by atoms with Gasteiger partial charge in [-0.05, 0) is 19.1 Å². The van der Waals surface area contributed by atoms with Crippen molar-refractivity contribution in [3.05, 3.63) is 58.7 Å². The SMILES string of the molecule is CC(Oc1ccc2c(c1O)C(=O)c1ccccc1C2=O)C(=O)O. The lowest BCUT2D eigenvalue weighted by Gasteiger charge is -2.20. The number of hydrogen-bond donors (Lipinski definition) is 2. The van der Waals surface area contributed by atoms with Gasteiger partial charge in [0.25, 0.3) is 0 Å². The lowest BCUT2D eigenvalue weighted by atomic mass is 9.83. The number of carboxylic acids is 1. The van der Waals surface area contributed by atoms with Crippen molar-refractivity contribution in [3.8, 4) is 11.5 Å². The van der Waals surface area contributed by atoms with Gasteiger partial charge in [0.05, 0.1) is 5.56 Å². The van der Waals surface area contributed by atoms with E-state index in [1.165, 1.54) is 25.1 Å². The van der Waals surface area contributed by atoms with Crippen LogP contribution in [-0.4, -0.2) is 33.9 Å². The van der Waals surface area contributed by atoms with Gasteiger partial charge in [-0.15, -0.1) is 0 Å². The average Bonchev–Trinajstić information content (AvgIpc) is 2.54. The van der Waals surface area contributed by atoms with E-state index in [1.54, 1.807) is 18.2 Å². The van der Waals surface area contributed by atoms with E-state index >= 15 is 0 Å². The normalized spacial score (nSPS) is 14.0. The summed E-state index contributed by atoms with van der Waals surface area (Å²) in [4.78, 5) is 35.9. The van der Waals surface area contributed by atoms with Crippen LogP contribution in [0.15, 0.2) is 36.4 Å². The number of carbonyl (C=O) groups is 3. The van der Waals surface area contributed by atoms with Crippen LogP contribution in [0.2, 0.25) is 0 Å². The average molecular weight is 312 g/mol. The molecule has 2 N–H and O–H groups in total. The Morgan fingerprint density at radius 2 is 1.61 bits per heavy atom. The zero-order chi connectivity index (χ0) is 16.7. The van der Waals surface area contributed by atoms with Gasteiger partial charge >= 0.3 is 5.97 Å². The molecule has 0 fully saturated rings. The number of ketones is 2. The maximum absolute atomic E-state index is 12.6. The Labute approximate surface area is 130 Å². The van der Waals surface area contributed by atoms with Gasteiger partial charge in [0.1, 0.15) is 0 Å². The summed E-state index contributed by atoms with van der Waals surface area (Å²) in [5, 5.41) is 19.2. The predicted octanol–water partition coefficient (Wildman–Crippen LogP) is 2.02. The molecule has 0 heterocycles. The summed E-state index contributed by atoms with van der Waals surface area (Å²) in [5.41, 5.74) is 0.381. The molecule has 2 aromatic rings. The number of ether oxygens (including phenoxy) is 1. The molecular weight excluding hydrogens is 300 g/mol. The maximum Gasteiger partial charge on any atom is 0.344 e. The maximum atomic E-state index is 12.6. The number of rotatable bonds is 3. The zero-order valence-corrected chi connectivity index (χ0v) is 12.1. The molecule has 1 unspecified atom stereocenters. The first-order valence-electron chi connectivity index (χ1n) is 6.85. The van der Waals surface area contributed by atoms with Gasteiger partial charge in [-0.3, -0.25) is 9.59 Å². The molecule has 116 valence electrons. The van der Waals surface area contributed by atoms with Crippen LogP contribution in [0.25, 0.3) is 0 Å². The lowest BCUT2D eigenvalue weighted by Crippen LogP contribution is -2.24. The van der Waals surface area contributed by atoms with Crippen molar-refractivity contribution >= 4 is 17.5 Å². The van der Waals surface area contributed by atoms with Crippen LogP contribution in [0.1, 0.15) is 38.8 Å². The van der Waals surface area contributed by atoms with Crippen LogP contribution in [0.3, 0.4) is 0 Å². The number of aromatic hydroxyl groups is 1. The molecular formula is C17H12O6. The largest absolute Gasteiger partial charge is 0.504 e. The van der Waals surface area contributed by atoms with E-state index in [-0.39, 0.29) is 33.8 Å². The van der Waals surface area contributed by atoms with Crippen LogP contribution in [0, 0.1) is 0 Å². The third-order valence-electron chi connectivity index (χ3n) is 3.68. The second-order valence-corrected chi connectivity index (χ2v) is 5.14. The minimum absolute atomic E-state index is 0.0709. The Hall–Kier alpha value is -3.15. The van der Waals surface area contributed by atoms with Crippen molar-refractivity contribution in [1.29, 1.82) is 0 Å². The van der Waals surface area contributed by atoms with Crippen LogP contribution >= 0.6 is 0 Å². The highest BCUT2D eigenvalue weighted by Crippen LogP contribution is 2.38. The first kappa shape index (κ1) is 14.8. The number of aliphatic carboxylic acids is 1. The second kappa shape index (κ2) is 5.24. The summed E-state index contributed by atoms with van der Waals surface area (Å²) < 4.78 is 5.13. The summed E-state index contributed by atoms with van der Waals surface area (Å²) in [7, 11) is 0. The number of hydrogen-bond acceptors (Lipinski definition) is 5. The van der Waals surface area contributed by atoms with E-state index < -0.39 is 23.6 Å². The predicted molar refractivity (Wildman–Crippen MR) is 79.1 cm³/mol. The molecule has 0 saturated carbocycles. The molecule has 6 heteroatoms. The van der Waals surface area contributed by atoms with E-state index in [2.05, 4.69) is 0 Å². The van der Waals surface area contributed by atoms with Gasteiger partial charge < -0.3 is 14.9 Å². The van der Waals surface area contributed by atoms with Crippen molar-refractivity contribution in [2.75, 3.05) is 0 Å². The summed E-state index contributed by atoms with van der Waals surface area (Å²) in [6, 6.07) is 8.97. The highest BCUT2D eigenvalue weighted by molar-refractivity contribution is 6.29. The minimum atomic E-state index is -1.21. The number of carbonyl (C=O) groups excluding carboxylic acids is 2. The second-order valence-electron chi connectivity index (χ2n) is 5.14. The minimum Gasteiger partial charge on any atom is -0.504 e. The van der Waals surface area contributed by atoms with Crippen LogP contribution < -0.4 is 4.74 Å². The molecule has 1 atom stereocenters. The Kier molecular flexibility index (Phi) is 3.37. The number of benzene rings is 2. The summed E-state index contributed by atoms with van der Waals surface area (Å²) in [6.07, 6.45) is -1.21. The van der Waals surface area contributed by atoms with Crippen molar-refractivity contribution in [1.82, 2.24) is 0 Å². The van der Waals surface area contributed by atoms with Gasteiger partial charge in [-0.2, -0.15) is 0 Å². The van der Waals surface area contributed by atoms with Gasteiger partial charge in [0.15, 0.2) is 29.2 Å². The molecule has 0 spiro atoms. The molecule has 0 bridgehead atoms. The van der Waals surface area contributed by atoms with Crippen molar-refractivity contribution in [2.45, 2.75) is 13.0 Å². The Morgan fingerprint density at radius 3 is 2.22 bits per heavy atom. The quantitative estimate of drug-likeness (QED) is 0.767. The molecule has 2 aromatic carbocycles. The molecule has 0 aliphatic heterocycles. The topological polar surface area (TPSA) is 101 Å². The monoisotopic (exact) mass is 312 g/mol. The molecule has 1 aliphatic rings. The molecule has 0 saturated heterocycles. The van der Waals surface area contributed by atoms with Gasteiger partial charge in [0.2, 0.25) is 0 Å². The lowest BCUT2D eigenvalue weighted by molar-refractivity contribution is -0.144. The van der Waals surface area contributed by atoms with E-state index in [1.807, 2.05) is 0 Å². The standard InChI is InChI=1S/C17H12O6/c1-8(17(21)22)23-12-7-6-11-13(16(12)20)15(19)10-5-3-2-4-9(10)14(11)18/h2-8,20H,1H3,(H,21,22). The molecule has 0 aromatic heterocycles. The van der Waals surface area contributed by atoms with Crippen molar-refractivity contribution in [2.24, 2.45) is 0 Å². The molecule has 23 heavy (non-hydrogen) atoms. The fourth-order valence-electron chi connectivity index (χ4n) is 2.49. The highest BCUT2D eigenvalue weighted by atomic mass is 16.5. The number of fused-ring (bicyclic) bond motifs is 2. The fraction of sp³-hybridized carbons (Fsp3) is 0.118. The Morgan fingerprint density at radius 1 is 1.00 bits per heavy atom. The molecule has 0 amide bonds. The third-order valence-corrected chi connectivity index (χ3v) is 3.68. The van der Waals surface area contributed by atoms with Gasteiger partial charge in [0, 0.05) is 16.7 Å². The summed E-state index contributed by atoms with van der Waals surface area (Å²) >= 11 is 0. The smallest absolute Gasteiger partial charge is 0.344 e. The zero-order valence-electron chi connectivity index (χ0n) is 12.1. The van der Waals surface area contributed by atoms with E-state index in [4.69, 9.17) is 9.84 Å². The van der Waals surface area contributed by atoms with E-state index in [0.717, 1.165) is 0 Å². The third kappa shape index (κ3) is 2.24. The Balaban J connectivity index is 2.13. The van der Waals surface area contributed by atoms with Crippen LogP contribution in [0.4, 0.5) is 0 Å². The van der Waals surface area contributed by atoms with Crippen molar-refractivity contribution in [3.63, 3.8) is 0 Å². The first-order valence-corrected chi connectivity index (χ1v) is 6.85. The number of phenolic OH excluding ortho intramolecular Hbond substituents is 1. The summed E-state index contributed by atoms with van der Waals surface area (Å²) in [5.74, 6) is -2.76. The number of carboxylic acid groups (broad SMARTS) is 1. The first-order chi connectivity index (χ1) is 10.9. The highest BCUT2D eigenvalue weighted by Gasteiger charge is 2.33. The van der Waals surface area contributed by atoms with Crippen LogP contribution in [0.5, 0.6) is 11.5 Å². The molecule has 1 aliphatic carbocycles. The number of phenols is 1. The van der Waals surface area contributed by atoms with E-state index in [0.29, 0.717) is 0 Å². The van der Waals surface area contributed by atoms with Gasteiger partial charge in [-0.1, -0.05) is 24.3 Å². The van der Waals surface area contributed by atoms with E-state index in [9.17, 15) is 19.5 Å². The van der Waals surface area contributed by atoms with Crippen LogP contribution in [-0.2, 0) is 4.79 Å². The molecule has 3 rings (SSSR count). The fourth-order valence-corrected chi connectivity index (χ4v) is 2.49. The Bertz CT molecular complexity index is 852. The van der Waals surface area contributed by atoms with Gasteiger partial charge in [-0.25, -0.2) is 4.79 Å². The van der Waals surface area contributed by atoms with Crippen molar-refractivity contribution < 1.29 is 29.3 Å². The summed E-state index contributed by atoms with van der Waals surface area (Å²) in [6.45, 7) is 1.30.